The summed E-state index contributed by atoms with van der Waals surface area (Å²) in [7, 11) is 1.44. The van der Waals surface area contributed by atoms with Gasteiger partial charge in [-0.2, -0.15) is 0 Å². The van der Waals surface area contributed by atoms with Gasteiger partial charge < -0.3 is 9.84 Å². The van der Waals surface area contributed by atoms with E-state index in [1.165, 1.54) is 25.5 Å². The van der Waals surface area contributed by atoms with Crippen molar-refractivity contribution in [1.82, 2.24) is 0 Å². The summed E-state index contributed by atoms with van der Waals surface area (Å²) in [6, 6.07) is 7.22. The standard InChI is InChI=1S/C14H18O3/c1-17-14(16)9-12(11-4-5-11)8-10-2-6-13(15)7-3-10/h2-3,6-7,11-12,15H,4-5,8-9H2,1H3. The van der Waals surface area contributed by atoms with Crippen LogP contribution in [0.3, 0.4) is 0 Å². The van der Waals surface area contributed by atoms with Crippen LogP contribution in [0.5, 0.6) is 5.75 Å². The molecule has 1 saturated carbocycles. The number of carbonyl (C=O) groups excluding carboxylic acids is 1. The van der Waals surface area contributed by atoms with Gasteiger partial charge in [0.1, 0.15) is 5.75 Å². The second kappa shape index (κ2) is 5.21. The van der Waals surface area contributed by atoms with Gasteiger partial charge in [0, 0.05) is 6.42 Å². The number of phenols is 1. The van der Waals surface area contributed by atoms with Crippen LogP contribution in [0.2, 0.25) is 0 Å². The molecule has 1 aromatic carbocycles. The fourth-order valence-electron chi connectivity index (χ4n) is 2.21. The average Bonchev–Trinajstić information content (AvgIpc) is 3.15. The van der Waals surface area contributed by atoms with E-state index in [1.807, 2.05) is 12.1 Å². The molecule has 0 saturated heterocycles. The number of hydrogen-bond donors (Lipinski definition) is 1. The lowest BCUT2D eigenvalue weighted by Gasteiger charge is -2.14. The van der Waals surface area contributed by atoms with Crippen molar-refractivity contribution in [3.63, 3.8) is 0 Å². The zero-order valence-corrected chi connectivity index (χ0v) is 10.1. The first-order valence-corrected chi connectivity index (χ1v) is 6.03. The van der Waals surface area contributed by atoms with Crippen molar-refractivity contribution >= 4 is 5.97 Å². The summed E-state index contributed by atoms with van der Waals surface area (Å²) in [5, 5.41) is 9.22. The predicted octanol–water partition coefficient (Wildman–Crippen LogP) is 2.52. The summed E-state index contributed by atoms with van der Waals surface area (Å²) in [6.07, 6.45) is 3.83. The van der Waals surface area contributed by atoms with E-state index >= 15 is 0 Å². The normalized spacial score (nSPS) is 16.5. The number of aromatic hydroxyl groups is 1. The van der Waals surface area contributed by atoms with Crippen molar-refractivity contribution < 1.29 is 14.6 Å². The number of rotatable bonds is 5. The molecule has 1 fully saturated rings. The first kappa shape index (κ1) is 12.0. The number of hydrogen-bond acceptors (Lipinski definition) is 3. The molecule has 1 aliphatic rings. The van der Waals surface area contributed by atoms with E-state index < -0.39 is 0 Å². The lowest BCUT2D eigenvalue weighted by atomic mass is 9.92. The van der Waals surface area contributed by atoms with Crippen LogP contribution in [0.1, 0.15) is 24.8 Å². The Bertz CT molecular complexity index is 379. The molecule has 0 spiro atoms. The molecule has 0 radical (unpaired) electrons. The molecule has 17 heavy (non-hydrogen) atoms. The molecular weight excluding hydrogens is 216 g/mol. The van der Waals surface area contributed by atoms with Crippen molar-refractivity contribution in [1.29, 1.82) is 0 Å². The summed E-state index contributed by atoms with van der Waals surface area (Å²) in [6.45, 7) is 0. The highest BCUT2D eigenvalue weighted by atomic mass is 16.5. The first-order chi connectivity index (χ1) is 8.19. The largest absolute Gasteiger partial charge is 0.508 e. The quantitative estimate of drug-likeness (QED) is 0.796. The van der Waals surface area contributed by atoms with Crippen LogP contribution in [0, 0.1) is 11.8 Å². The maximum Gasteiger partial charge on any atom is 0.305 e. The topological polar surface area (TPSA) is 46.5 Å². The summed E-state index contributed by atoms with van der Waals surface area (Å²) >= 11 is 0. The highest BCUT2D eigenvalue weighted by Crippen LogP contribution is 2.40. The number of carbonyl (C=O) groups is 1. The summed E-state index contributed by atoms with van der Waals surface area (Å²) < 4.78 is 4.74. The third-order valence-corrected chi connectivity index (χ3v) is 3.38. The third-order valence-electron chi connectivity index (χ3n) is 3.38. The van der Waals surface area contributed by atoms with E-state index in [9.17, 15) is 9.90 Å². The number of methoxy groups -OCH3 is 1. The minimum Gasteiger partial charge on any atom is -0.508 e. The monoisotopic (exact) mass is 234 g/mol. The van der Waals surface area contributed by atoms with Crippen molar-refractivity contribution in [2.75, 3.05) is 7.11 Å². The Balaban J connectivity index is 1.97. The summed E-state index contributed by atoms with van der Waals surface area (Å²) in [4.78, 5) is 11.3. The van der Waals surface area contributed by atoms with Crippen LogP contribution in [0.15, 0.2) is 24.3 Å². The second-order valence-electron chi connectivity index (χ2n) is 4.75. The Morgan fingerprint density at radius 1 is 1.41 bits per heavy atom. The van der Waals surface area contributed by atoms with E-state index in [1.54, 1.807) is 12.1 Å². The Morgan fingerprint density at radius 2 is 2.06 bits per heavy atom. The summed E-state index contributed by atoms with van der Waals surface area (Å²) in [5.41, 5.74) is 1.17. The third kappa shape index (κ3) is 3.48. The smallest absolute Gasteiger partial charge is 0.305 e. The molecule has 1 N–H and O–H groups in total. The molecule has 1 atom stereocenters. The van der Waals surface area contributed by atoms with Gasteiger partial charge >= 0.3 is 5.97 Å². The van der Waals surface area contributed by atoms with E-state index in [0.717, 1.165) is 6.42 Å². The molecule has 1 aromatic rings. The minimum absolute atomic E-state index is 0.124. The Labute approximate surface area is 101 Å². The van der Waals surface area contributed by atoms with Gasteiger partial charge in [-0.15, -0.1) is 0 Å². The van der Waals surface area contributed by atoms with E-state index in [4.69, 9.17) is 4.74 Å². The minimum atomic E-state index is -0.124. The zero-order valence-electron chi connectivity index (χ0n) is 10.1. The highest BCUT2D eigenvalue weighted by molar-refractivity contribution is 5.69. The van der Waals surface area contributed by atoms with E-state index in [-0.39, 0.29) is 11.7 Å². The molecule has 3 nitrogen and oxygen atoms in total. The molecule has 1 aliphatic carbocycles. The lowest BCUT2D eigenvalue weighted by molar-refractivity contribution is -0.141. The number of esters is 1. The van der Waals surface area contributed by atoms with Gasteiger partial charge in [-0.05, 0) is 48.8 Å². The van der Waals surface area contributed by atoms with Crippen LogP contribution >= 0.6 is 0 Å². The van der Waals surface area contributed by atoms with Gasteiger partial charge in [0.2, 0.25) is 0 Å². The molecule has 0 aliphatic heterocycles. The number of benzene rings is 1. The van der Waals surface area contributed by atoms with Gasteiger partial charge in [-0.25, -0.2) is 0 Å². The Hall–Kier alpha value is -1.51. The summed E-state index contributed by atoms with van der Waals surface area (Å²) in [5.74, 6) is 1.21. The van der Waals surface area contributed by atoms with E-state index in [2.05, 4.69) is 0 Å². The molecule has 0 heterocycles. The molecule has 0 bridgehead atoms. The molecule has 3 heteroatoms. The molecule has 92 valence electrons. The van der Waals surface area contributed by atoms with Crippen molar-refractivity contribution in [2.45, 2.75) is 25.7 Å². The number of ether oxygens (including phenoxy) is 1. The van der Waals surface area contributed by atoms with Crippen LogP contribution < -0.4 is 0 Å². The van der Waals surface area contributed by atoms with Crippen molar-refractivity contribution in [2.24, 2.45) is 11.8 Å². The van der Waals surface area contributed by atoms with Gasteiger partial charge in [-0.3, -0.25) is 4.79 Å². The molecular formula is C14H18O3. The van der Waals surface area contributed by atoms with Crippen LogP contribution in [-0.2, 0) is 16.0 Å². The van der Waals surface area contributed by atoms with Gasteiger partial charge in [0.15, 0.2) is 0 Å². The highest BCUT2D eigenvalue weighted by Gasteiger charge is 2.32. The zero-order chi connectivity index (χ0) is 12.3. The second-order valence-corrected chi connectivity index (χ2v) is 4.75. The van der Waals surface area contributed by atoms with Crippen LogP contribution in [-0.4, -0.2) is 18.2 Å². The average molecular weight is 234 g/mol. The SMILES string of the molecule is COC(=O)CC(Cc1ccc(O)cc1)C1CC1. The number of phenolic OH excluding ortho intramolecular Hbond substituents is 1. The molecule has 2 rings (SSSR count). The van der Waals surface area contributed by atoms with Gasteiger partial charge in [0.25, 0.3) is 0 Å². The Morgan fingerprint density at radius 3 is 2.59 bits per heavy atom. The molecule has 1 unspecified atom stereocenters. The molecule has 0 amide bonds. The maximum atomic E-state index is 11.3. The fraction of sp³-hybridized carbons (Fsp3) is 0.500. The maximum absolute atomic E-state index is 11.3. The van der Waals surface area contributed by atoms with Crippen LogP contribution in [0.4, 0.5) is 0 Å². The lowest BCUT2D eigenvalue weighted by Crippen LogP contribution is -2.14. The van der Waals surface area contributed by atoms with Crippen molar-refractivity contribution in [3.05, 3.63) is 29.8 Å². The molecule has 0 aromatic heterocycles. The Kier molecular flexibility index (Phi) is 3.67. The fourth-order valence-corrected chi connectivity index (χ4v) is 2.21. The van der Waals surface area contributed by atoms with Crippen LogP contribution in [0.25, 0.3) is 0 Å². The van der Waals surface area contributed by atoms with Crippen molar-refractivity contribution in [3.8, 4) is 5.75 Å². The first-order valence-electron chi connectivity index (χ1n) is 6.03. The van der Waals surface area contributed by atoms with E-state index in [0.29, 0.717) is 18.3 Å². The predicted molar refractivity (Wildman–Crippen MR) is 64.7 cm³/mol. The van der Waals surface area contributed by atoms with Gasteiger partial charge in [-0.1, -0.05) is 12.1 Å². The van der Waals surface area contributed by atoms with Gasteiger partial charge in [0.05, 0.1) is 7.11 Å².